The summed E-state index contributed by atoms with van der Waals surface area (Å²) in [4.78, 5) is 10.1. The van der Waals surface area contributed by atoms with Gasteiger partial charge in [0.25, 0.3) is 5.69 Å². The Morgan fingerprint density at radius 2 is 1.89 bits per heavy atom. The number of halogens is 1. The van der Waals surface area contributed by atoms with Crippen molar-refractivity contribution in [3.63, 3.8) is 0 Å². The van der Waals surface area contributed by atoms with Crippen LogP contribution < -0.4 is 5.32 Å². The topological polar surface area (TPSA) is 55.2 Å². The van der Waals surface area contributed by atoms with Gasteiger partial charge in [-0.2, -0.15) is 0 Å². The number of benzene rings is 2. The van der Waals surface area contributed by atoms with E-state index in [-0.39, 0.29) is 5.69 Å². The van der Waals surface area contributed by atoms with E-state index < -0.39 is 4.92 Å². The number of nitro benzene ring substituents is 1. The fourth-order valence-electron chi connectivity index (χ4n) is 1.71. The maximum absolute atomic E-state index is 10.5. The third-order valence-corrected chi connectivity index (χ3v) is 3.08. The third-order valence-electron chi connectivity index (χ3n) is 2.75. The number of aryl methyl sites for hydroxylation is 1. The van der Waals surface area contributed by atoms with Crippen LogP contribution >= 0.6 is 11.6 Å². The number of anilines is 1. The van der Waals surface area contributed by atoms with E-state index in [1.807, 2.05) is 25.1 Å². The largest absolute Gasteiger partial charge is 0.380 e. The Balaban J connectivity index is 2.06. The Hall–Kier alpha value is -2.07. The van der Waals surface area contributed by atoms with E-state index in [2.05, 4.69) is 5.32 Å². The molecule has 0 heterocycles. The molecule has 2 aromatic rings. The predicted octanol–water partition coefficient (Wildman–Crippen LogP) is 4.17. The number of rotatable bonds is 4. The maximum atomic E-state index is 10.5. The molecule has 0 radical (unpaired) electrons. The van der Waals surface area contributed by atoms with Gasteiger partial charge in [0.1, 0.15) is 0 Å². The molecule has 0 atom stereocenters. The first kappa shape index (κ1) is 13.4. The molecule has 2 rings (SSSR count). The maximum Gasteiger partial charge on any atom is 0.269 e. The Bertz CT molecular complexity index is 597. The molecule has 0 aliphatic heterocycles. The van der Waals surface area contributed by atoms with Crippen LogP contribution in [0.4, 0.5) is 11.4 Å². The van der Waals surface area contributed by atoms with Gasteiger partial charge in [0, 0.05) is 18.7 Å². The third kappa shape index (κ3) is 3.45. The van der Waals surface area contributed by atoms with E-state index in [0.717, 1.165) is 16.8 Å². The normalized spacial score (nSPS) is 10.2. The molecule has 19 heavy (non-hydrogen) atoms. The fourth-order valence-corrected chi connectivity index (χ4v) is 1.89. The minimum absolute atomic E-state index is 0.0948. The molecule has 0 aromatic heterocycles. The molecular formula is C14H13ClN2O2. The van der Waals surface area contributed by atoms with Gasteiger partial charge < -0.3 is 5.32 Å². The second-order valence-electron chi connectivity index (χ2n) is 4.26. The predicted molar refractivity (Wildman–Crippen MR) is 76.6 cm³/mol. The average Bonchev–Trinajstić information content (AvgIpc) is 2.40. The SMILES string of the molecule is Cc1ccc(Cl)c(NCc2ccc([N+](=O)[O-])cc2)c1. The Labute approximate surface area is 116 Å². The van der Waals surface area contributed by atoms with E-state index in [1.54, 1.807) is 12.1 Å². The second-order valence-corrected chi connectivity index (χ2v) is 4.67. The molecule has 0 aliphatic carbocycles. The molecule has 0 unspecified atom stereocenters. The molecule has 0 amide bonds. The zero-order chi connectivity index (χ0) is 13.8. The van der Waals surface area contributed by atoms with Crippen LogP contribution in [0.1, 0.15) is 11.1 Å². The van der Waals surface area contributed by atoms with Crippen LogP contribution in [0.5, 0.6) is 0 Å². The smallest absolute Gasteiger partial charge is 0.269 e. The first-order valence-electron chi connectivity index (χ1n) is 5.79. The molecule has 0 spiro atoms. The van der Waals surface area contributed by atoms with Crippen LogP contribution in [-0.2, 0) is 6.54 Å². The molecule has 98 valence electrons. The van der Waals surface area contributed by atoms with Crippen molar-refractivity contribution in [3.8, 4) is 0 Å². The van der Waals surface area contributed by atoms with Crippen molar-refractivity contribution in [1.82, 2.24) is 0 Å². The van der Waals surface area contributed by atoms with E-state index in [1.165, 1.54) is 12.1 Å². The number of non-ortho nitro benzene ring substituents is 1. The highest BCUT2D eigenvalue weighted by atomic mass is 35.5. The number of hydrogen-bond donors (Lipinski definition) is 1. The van der Waals surface area contributed by atoms with Crippen LogP contribution in [-0.4, -0.2) is 4.92 Å². The van der Waals surface area contributed by atoms with Gasteiger partial charge in [0.05, 0.1) is 15.6 Å². The number of nitro groups is 1. The zero-order valence-corrected chi connectivity index (χ0v) is 11.1. The molecule has 2 aromatic carbocycles. The summed E-state index contributed by atoms with van der Waals surface area (Å²) in [6.07, 6.45) is 0. The quantitative estimate of drug-likeness (QED) is 0.673. The minimum atomic E-state index is -0.408. The van der Waals surface area contributed by atoms with Crippen molar-refractivity contribution in [3.05, 3.63) is 68.7 Å². The summed E-state index contributed by atoms with van der Waals surface area (Å²) in [6.45, 7) is 2.56. The standard InChI is InChI=1S/C14H13ClN2O2/c1-10-2-7-13(15)14(8-10)16-9-11-3-5-12(6-4-11)17(18)19/h2-8,16H,9H2,1H3. The summed E-state index contributed by atoms with van der Waals surface area (Å²) in [5.41, 5.74) is 3.04. The molecule has 0 saturated carbocycles. The highest BCUT2D eigenvalue weighted by molar-refractivity contribution is 6.33. The van der Waals surface area contributed by atoms with Crippen LogP contribution in [0.3, 0.4) is 0 Å². The average molecular weight is 277 g/mol. The molecule has 0 fully saturated rings. The van der Waals surface area contributed by atoms with E-state index in [9.17, 15) is 10.1 Å². The first-order valence-corrected chi connectivity index (χ1v) is 6.17. The Morgan fingerprint density at radius 3 is 2.53 bits per heavy atom. The second kappa shape index (κ2) is 5.71. The molecule has 5 heteroatoms. The van der Waals surface area contributed by atoms with Crippen LogP contribution in [0.2, 0.25) is 5.02 Å². The van der Waals surface area contributed by atoms with E-state index in [4.69, 9.17) is 11.6 Å². The monoisotopic (exact) mass is 276 g/mol. The van der Waals surface area contributed by atoms with E-state index in [0.29, 0.717) is 11.6 Å². The van der Waals surface area contributed by atoms with Gasteiger partial charge in [-0.25, -0.2) is 0 Å². The van der Waals surface area contributed by atoms with Gasteiger partial charge in [-0.05, 0) is 30.2 Å². The summed E-state index contributed by atoms with van der Waals surface area (Å²) in [6, 6.07) is 12.2. The molecule has 0 saturated heterocycles. The summed E-state index contributed by atoms with van der Waals surface area (Å²) in [5.74, 6) is 0. The van der Waals surface area contributed by atoms with Crippen LogP contribution in [0, 0.1) is 17.0 Å². The highest BCUT2D eigenvalue weighted by Crippen LogP contribution is 2.23. The van der Waals surface area contributed by atoms with Crippen LogP contribution in [0.15, 0.2) is 42.5 Å². The van der Waals surface area contributed by atoms with Crippen molar-refractivity contribution in [2.24, 2.45) is 0 Å². The molecule has 4 nitrogen and oxygen atoms in total. The number of hydrogen-bond acceptors (Lipinski definition) is 3. The van der Waals surface area contributed by atoms with Crippen LogP contribution in [0.25, 0.3) is 0 Å². The van der Waals surface area contributed by atoms with Gasteiger partial charge >= 0.3 is 0 Å². The minimum Gasteiger partial charge on any atom is -0.380 e. The number of nitrogens with zero attached hydrogens (tertiary/aromatic N) is 1. The Kier molecular flexibility index (Phi) is 4.02. The van der Waals surface area contributed by atoms with Gasteiger partial charge in [0.2, 0.25) is 0 Å². The lowest BCUT2D eigenvalue weighted by Gasteiger charge is -2.09. The summed E-state index contributed by atoms with van der Waals surface area (Å²) < 4.78 is 0. The summed E-state index contributed by atoms with van der Waals surface area (Å²) >= 11 is 6.08. The van der Waals surface area contributed by atoms with Crippen molar-refractivity contribution >= 4 is 23.0 Å². The highest BCUT2D eigenvalue weighted by Gasteiger charge is 2.04. The van der Waals surface area contributed by atoms with Gasteiger partial charge in [0.15, 0.2) is 0 Å². The number of nitrogens with one attached hydrogen (secondary N) is 1. The van der Waals surface area contributed by atoms with Crippen molar-refractivity contribution in [1.29, 1.82) is 0 Å². The van der Waals surface area contributed by atoms with Crippen molar-refractivity contribution < 1.29 is 4.92 Å². The van der Waals surface area contributed by atoms with Crippen molar-refractivity contribution in [2.75, 3.05) is 5.32 Å². The lowest BCUT2D eigenvalue weighted by molar-refractivity contribution is -0.384. The Morgan fingerprint density at radius 1 is 1.21 bits per heavy atom. The fraction of sp³-hybridized carbons (Fsp3) is 0.143. The van der Waals surface area contributed by atoms with Gasteiger partial charge in [-0.3, -0.25) is 10.1 Å². The molecule has 0 aliphatic rings. The summed E-state index contributed by atoms with van der Waals surface area (Å²) in [7, 11) is 0. The summed E-state index contributed by atoms with van der Waals surface area (Å²) in [5, 5.41) is 14.4. The molecule has 1 N–H and O–H groups in total. The van der Waals surface area contributed by atoms with Crippen molar-refractivity contribution in [2.45, 2.75) is 13.5 Å². The lowest BCUT2D eigenvalue weighted by atomic mass is 10.2. The van der Waals surface area contributed by atoms with Gasteiger partial charge in [-0.15, -0.1) is 0 Å². The lowest BCUT2D eigenvalue weighted by Crippen LogP contribution is -2.00. The van der Waals surface area contributed by atoms with Gasteiger partial charge in [-0.1, -0.05) is 29.8 Å². The van der Waals surface area contributed by atoms with E-state index >= 15 is 0 Å². The molecular weight excluding hydrogens is 264 g/mol. The molecule has 0 bridgehead atoms. The first-order chi connectivity index (χ1) is 9.06. The zero-order valence-electron chi connectivity index (χ0n) is 10.4.